The molecule has 1 saturated heterocycles. The van der Waals surface area contributed by atoms with Crippen LogP contribution >= 0.6 is 0 Å². The van der Waals surface area contributed by atoms with Gasteiger partial charge in [0.2, 0.25) is 0 Å². The van der Waals surface area contributed by atoms with Gasteiger partial charge in [-0.2, -0.15) is 0 Å². The number of hydrogen-bond acceptors (Lipinski definition) is 2. The van der Waals surface area contributed by atoms with Crippen molar-refractivity contribution in [1.82, 2.24) is 5.32 Å². The van der Waals surface area contributed by atoms with Gasteiger partial charge in [-0.3, -0.25) is 0 Å². The third-order valence-corrected chi connectivity index (χ3v) is 0.846. The summed E-state index contributed by atoms with van der Waals surface area (Å²) < 4.78 is 5.01. The average molecular weight is 273 g/mol. The molecule has 0 aromatic carbocycles. The number of hydrogen-bond donors (Lipinski definition) is 1. The minimum absolute atomic E-state index is 0. The van der Waals surface area contributed by atoms with Crippen molar-refractivity contribution in [3.63, 3.8) is 0 Å². The Morgan fingerprint density at radius 2 is 1.71 bits per heavy atom. The Hall–Kier alpha value is 0.582. The standard InChI is InChI=1S/C4H9NO.Re/c1-3-6-4-2-5-1;/h5H,1-4H2;. The van der Waals surface area contributed by atoms with Crippen molar-refractivity contribution in [2.45, 2.75) is 0 Å². The van der Waals surface area contributed by atoms with E-state index in [1.807, 2.05) is 0 Å². The third kappa shape index (κ3) is 3.19. The quantitative estimate of drug-likeness (QED) is 0.649. The van der Waals surface area contributed by atoms with E-state index in [4.69, 9.17) is 4.74 Å². The second-order valence-corrected chi connectivity index (χ2v) is 1.36. The maximum atomic E-state index is 5.01. The fourth-order valence-electron chi connectivity index (χ4n) is 0.516. The van der Waals surface area contributed by atoms with Crippen LogP contribution in [0.25, 0.3) is 0 Å². The summed E-state index contributed by atoms with van der Waals surface area (Å²) in [4.78, 5) is 0. The molecule has 0 saturated carbocycles. The third-order valence-electron chi connectivity index (χ3n) is 0.846. The maximum absolute atomic E-state index is 5.01. The van der Waals surface area contributed by atoms with Gasteiger partial charge in [-0.15, -0.1) is 0 Å². The largest absolute Gasteiger partial charge is 0.379 e. The fourth-order valence-corrected chi connectivity index (χ4v) is 0.516. The Morgan fingerprint density at radius 3 is 1.86 bits per heavy atom. The first kappa shape index (κ1) is 7.58. The monoisotopic (exact) mass is 274 g/mol. The normalized spacial score (nSPS) is 20.6. The molecule has 1 rings (SSSR count). The van der Waals surface area contributed by atoms with Crippen LogP contribution < -0.4 is 5.32 Å². The van der Waals surface area contributed by atoms with Crippen molar-refractivity contribution in [3.05, 3.63) is 0 Å². The summed E-state index contributed by atoms with van der Waals surface area (Å²) in [5.74, 6) is 0. The molecule has 1 N–H and O–H groups in total. The molecule has 0 bridgehead atoms. The SMILES string of the molecule is C1COCCN1.[Re]. The molecule has 1 aliphatic rings. The predicted molar refractivity (Wildman–Crippen MR) is 23.7 cm³/mol. The average Bonchev–Trinajstić information content (AvgIpc) is 1.72. The summed E-state index contributed by atoms with van der Waals surface area (Å²) in [6.45, 7) is 3.83. The molecule has 2 nitrogen and oxygen atoms in total. The summed E-state index contributed by atoms with van der Waals surface area (Å²) >= 11 is 0. The molecule has 1 radical (unpaired) electrons. The van der Waals surface area contributed by atoms with Crippen LogP contribution in [0.1, 0.15) is 0 Å². The predicted octanol–water partition coefficient (Wildman–Crippen LogP) is -0.396. The van der Waals surface area contributed by atoms with Crippen LogP contribution in [-0.2, 0) is 25.2 Å². The molecule has 1 heterocycles. The molecule has 0 aromatic heterocycles. The van der Waals surface area contributed by atoms with E-state index in [1.165, 1.54) is 0 Å². The van der Waals surface area contributed by atoms with Crippen molar-refractivity contribution in [2.75, 3.05) is 26.3 Å². The summed E-state index contributed by atoms with van der Waals surface area (Å²) in [5.41, 5.74) is 0. The van der Waals surface area contributed by atoms with Gasteiger partial charge in [0.25, 0.3) is 0 Å². The zero-order valence-electron chi connectivity index (χ0n) is 4.11. The number of nitrogens with one attached hydrogen (secondary N) is 1. The molecule has 0 amide bonds. The van der Waals surface area contributed by atoms with Crippen LogP contribution in [0.4, 0.5) is 0 Å². The molecule has 0 unspecified atom stereocenters. The first-order valence-corrected chi connectivity index (χ1v) is 2.28. The summed E-state index contributed by atoms with van der Waals surface area (Å²) in [6, 6.07) is 0. The molecule has 3 heteroatoms. The molecular formula is C4H9NORe. The Labute approximate surface area is 57.3 Å². The van der Waals surface area contributed by atoms with Crippen molar-refractivity contribution < 1.29 is 25.2 Å². The van der Waals surface area contributed by atoms with E-state index < -0.39 is 0 Å². The van der Waals surface area contributed by atoms with Gasteiger partial charge in [0.15, 0.2) is 0 Å². The van der Waals surface area contributed by atoms with Crippen LogP contribution in [0, 0.1) is 0 Å². The second-order valence-electron chi connectivity index (χ2n) is 1.36. The second kappa shape index (κ2) is 4.73. The first-order valence-electron chi connectivity index (χ1n) is 2.28. The molecule has 0 spiro atoms. The van der Waals surface area contributed by atoms with E-state index in [0.29, 0.717) is 0 Å². The van der Waals surface area contributed by atoms with Crippen LogP contribution in [0.15, 0.2) is 0 Å². The zero-order valence-corrected chi connectivity index (χ0v) is 6.83. The van der Waals surface area contributed by atoms with Gasteiger partial charge < -0.3 is 10.1 Å². The van der Waals surface area contributed by atoms with E-state index >= 15 is 0 Å². The van der Waals surface area contributed by atoms with Crippen molar-refractivity contribution in [2.24, 2.45) is 0 Å². The molecule has 7 heavy (non-hydrogen) atoms. The van der Waals surface area contributed by atoms with E-state index in [2.05, 4.69) is 5.32 Å². The molecule has 1 fully saturated rings. The van der Waals surface area contributed by atoms with Gasteiger partial charge >= 0.3 is 0 Å². The van der Waals surface area contributed by atoms with E-state index in [0.717, 1.165) is 26.3 Å². The van der Waals surface area contributed by atoms with Gasteiger partial charge in [0.1, 0.15) is 0 Å². The van der Waals surface area contributed by atoms with Gasteiger partial charge in [0.05, 0.1) is 13.2 Å². The Kier molecular flexibility index (Phi) is 5.13. The molecule has 0 atom stereocenters. The Bertz CT molecular complexity index is 27.2. The summed E-state index contributed by atoms with van der Waals surface area (Å²) in [6.07, 6.45) is 0. The van der Waals surface area contributed by atoms with E-state index in [9.17, 15) is 0 Å². The summed E-state index contributed by atoms with van der Waals surface area (Å²) in [5, 5.41) is 3.16. The van der Waals surface area contributed by atoms with Crippen LogP contribution in [0.2, 0.25) is 0 Å². The minimum Gasteiger partial charge on any atom is -0.379 e. The molecule has 1 aliphatic heterocycles. The molecule has 43 valence electrons. The van der Waals surface area contributed by atoms with Gasteiger partial charge in [0, 0.05) is 33.5 Å². The van der Waals surface area contributed by atoms with E-state index in [-0.39, 0.29) is 20.4 Å². The molecule has 0 aromatic rings. The van der Waals surface area contributed by atoms with Crippen LogP contribution in [0.3, 0.4) is 0 Å². The summed E-state index contributed by atoms with van der Waals surface area (Å²) in [7, 11) is 0. The van der Waals surface area contributed by atoms with Crippen LogP contribution in [-0.4, -0.2) is 26.3 Å². The Balaban J connectivity index is 0.000000360. The Morgan fingerprint density at radius 1 is 1.14 bits per heavy atom. The molecular weight excluding hydrogens is 264 g/mol. The first-order chi connectivity index (χ1) is 3.00. The fraction of sp³-hybridized carbons (Fsp3) is 1.00. The van der Waals surface area contributed by atoms with Crippen molar-refractivity contribution in [1.29, 1.82) is 0 Å². The minimum atomic E-state index is 0. The smallest absolute Gasteiger partial charge is 0.0591 e. The van der Waals surface area contributed by atoms with Crippen molar-refractivity contribution >= 4 is 0 Å². The van der Waals surface area contributed by atoms with E-state index in [1.54, 1.807) is 0 Å². The maximum Gasteiger partial charge on any atom is 0.0591 e. The number of ether oxygens (including phenoxy) is 1. The molecule has 0 aliphatic carbocycles. The van der Waals surface area contributed by atoms with Gasteiger partial charge in [-0.05, 0) is 0 Å². The number of rotatable bonds is 0. The van der Waals surface area contributed by atoms with Gasteiger partial charge in [-0.1, -0.05) is 0 Å². The van der Waals surface area contributed by atoms with Crippen LogP contribution in [0.5, 0.6) is 0 Å². The van der Waals surface area contributed by atoms with Crippen molar-refractivity contribution in [3.8, 4) is 0 Å². The topological polar surface area (TPSA) is 21.3 Å². The van der Waals surface area contributed by atoms with Gasteiger partial charge in [-0.25, -0.2) is 0 Å². The zero-order chi connectivity index (χ0) is 4.24. The number of morpholine rings is 1.